The molecule has 11 heteroatoms. The van der Waals surface area contributed by atoms with Gasteiger partial charge in [-0.2, -0.15) is 13.2 Å². The van der Waals surface area contributed by atoms with Crippen molar-refractivity contribution in [1.82, 2.24) is 4.98 Å². The standard InChI is InChI=1S/C23H20ClF3N4O3/c24-18-12-15(23(25,26)27)13-28-20(18)31-9-7-14(8-10-31)21(32)29-16-3-5-17(6-4-16)30-22(33)19-2-1-11-34-19/h1-6,11-14H,7-10H2,(H,29,32)(H,30,33). The Kier molecular flexibility index (Phi) is 6.78. The fraction of sp³-hybridized carbons (Fsp3) is 0.261. The van der Waals surface area contributed by atoms with Crippen LogP contribution >= 0.6 is 11.6 Å². The van der Waals surface area contributed by atoms with E-state index < -0.39 is 11.7 Å². The van der Waals surface area contributed by atoms with Crippen LogP contribution in [0, 0.1) is 5.92 Å². The molecule has 0 saturated carbocycles. The van der Waals surface area contributed by atoms with Gasteiger partial charge < -0.3 is 20.0 Å². The molecule has 178 valence electrons. The quantitative estimate of drug-likeness (QED) is 0.494. The molecular weight excluding hydrogens is 473 g/mol. The Morgan fingerprint density at radius 1 is 1.06 bits per heavy atom. The summed E-state index contributed by atoms with van der Waals surface area (Å²) in [5.41, 5.74) is 0.228. The minimum absolute atomic E-state index is 0.0723. The summed E-state index contributed by atoms with van der Waals surface area (Å²) in [6.07, 6.45) is -1.33. The lowest BCUT2D eigenvalue weighted by Gasteiger charge is -2.32. The van der Waals surface area contributed by atoms with Crippen LogP contribution in [0.1, 0.15) is 29.0 Å². The third-order valence-corrected chi connectivity index (χ3v) is 5.75. The third kappa shape index (κ3) is 5.51. The molecule has 2 N–H and O–H groups in total. The normalized spacial score (nSPS) is 14.6. The molecule has 1 aromatic carbocycles. The van der Waals surface area contributed by atoms with E-state index in [1.54, 1.807) is 41.3 Å². The second kappa shape index (κ2) is 9.76. The molecular formula is C23H20ClF3N4O3. The molecule has 0 atom stereocenters. The van der Waals surface area contributed by atoms with Crippen molar-refractivity contribution in [2.45, 2.75) is 19.0 Å². The zero-order chi connectivity index (χ0) is 24.3. The van der Waals surface area contributed by atoms with Crippen molar-refractivity contribution in [1.29, 1.82) is 0 Å². The van der Waals surface area contributed by atoms with Gasteiger partial charge >= 0.3 is 6.18 Å². The van der Waals surface area contributed by atoms with E-state index in [0.29, 0.717) is 37.3 Å². The zero-order valence-corrected chi connectivity index (χ0v) is 18.5. The third-order valence-electron chi connectivity index (χ3n) is 5.47. The second-order valence-corrected chi connectivity index (χ2v) is 8.19. The van der Waals surface area contributed by atoms with Gasteiger partial charge in [0.25, 0.3) is 5.91 Å². The fourth-order valence-corrected chi connectivity index (χ4v) is 3.94. The van der Waals surface area contributed by atoms with Crippen LogP contribution in [0.5, 0.6) is 0 Å². The van der Waals surface area contributed by atoms with E-state index in [0.717, 1.165) is 12.3 Å². The maximum atomic E-state index is 12.8. The molecule has 3 heterocycles. The molecule has 4 rings (SSSR count). The number of aromatic nitrogens is 1. The lowest BCUT2D eigenvalue weighted by molar-refractivity contribution is -0.137. The predicted octanol–water partition coefficient (Wildman–Crippen LogP) is 5.45. The van der Waals surface area contributed by atoms with Crippen LogP contribution in [0.15, 0.2) is 59.3 Å². The van der Waals surface area contributed by atoms with Crippen LogP contribution in [-0.2, 0) is 11.0 Å². The monoisotopic (exact) mass is 492 g/mol. The number of piperidine rings is 1. The Bertz CT molecular complexity index is 1160. The highest BCUT2D eigenvalue weighted by molar-refractivity contribution is 6.33. The van der Waals surface area contributed by atoms with Crippen LogP contribution in [0.25, 0.3) is 0 Å². The summed E-state index contributed by atoms with van der Waals surface area (Å²) in [5.74, 6) is -0.324. The first-order valence-corrected chi connectivity index (χ1v) is 10.8. The Morgan fingerprint density at radius 2 is 1.71 bits per heavy atom. The van der Waals surface area contributed by atoms with E-state index in [1.807, 2.05) is 0 Å². The molecule has 1 saturated heterocycles. The number of amides is 2. The zero-order valence-electron chi connectivity index (χ0n) is 17.7. The van der Waals surface area contributed by atoms with E-state index in [2.05, 4.69) is 15.6 Å². The van der Waals surface area contributed by atoms with Gasteiger partial charge in [0.05, 0.1) is 16.8 Å². The minimum Gasteiger partial charge on any atom is -0.459 e. The number of pyridine rings is 1. The van der Waals surface area contributed by atoms with Gasteiger partial charge in [-0.05, 0) is 55.3 Å². The SMILES string of the molecule is O=C(Nc1ccc(NC(=O)C2CCN(c3ncc(C(F)(F)F)cc3Cl)CC2)cc1)c1ccco1. The van der Waals surface area contributed by atoms with Crippen LogP contribution in [0.4, 0.5) is 30.4 Å². The van der Waals surface area contributed by atoms with Crippen molar-refractivity contribution < 1.29 is 27.2 Å². The maximum absolute atomic E-state index is 12.8. The number of rotatable bonds is 5. The molecule has 0 radical (unpaired) electrons. The number of carbonyl (C=O) groups excluding carboxylic acids is 2. The number of hydrogen-bond acceptors (Lipinski definition) is 5. The largest absolute Gasteiger partial charge is 0.459 e. The molecule has 7 nitrogen and oxygen atoms in total. The highest BCUT2D eigenvalue weighted by atomic mass is 35.5. The van der Waals surface area contributed by atoms with Crippen molar-refractivity contribution in [3.05, 3.63) is 71.3 Å². The van der Waals surface area contributed by atoms with Crippen LogP contribution in [0.2, 0.25) is 5.02 Å². The van der Waals surface area contributed by atoms with Gasteiger partial charge in [0, 0.05) is 36.6 Å². The first-order valence-electron chi connectivity index (χ1n) is 10.4. The van der Waals surface area contributed by atoms with Gasteiger partial charge in [-0.15, -0.1) is 0 Å². The molecule has 0 bridgehead atoms. The number of alkyl halides is 3. The average molecular weight is 493 g/mol. The van der Waals surface area contributed by atoms with E-state index in [1.165, 1.54) is 6.26 Å². The lowest BCUT2D eigenvalue weighted by atomic mass is 9.95. The number of halogens is 4. The van der Waals surface area contributed by atoms with Gasteiger partial charge in [0.15, 0.2) is 5.76 Å². The summed E-state index contributed by atoms with van der Waals surface area (Å²) in [4.78, 5) is 30.4. The topological polar surface area (TPSA) is 87.5 Å². The maximum Gasteiger partial charge on any atom is 0.417 e. The van der Waals surface area contributed by atoms with E-state index in [9.17, 15) is 22.8 Å². The fourth-order valence-electron chi connectivity index (χ4n) is 3.65. The highest BCUT2D eigenvalue weighted by Crippen LogP contribution is 2.34. The van der Waals surface area contributed by atoms with Crippen LogP contribution in [0.3, 0.4) is 0 Å². The average Bonchev–Trinajstić information content (AvgIpc) is 3.35. The molecule has 1 aliphatic heterocycles. The summed E-state index contributed by atoms with van der Waals surface area (Å²) >= 11 is 6.03. The Hall–Kier alpha value is -3.53. The van der Waals surface area contributed by atoms with Gasteiger partial charge in [0.2, 0.25) is 5.91 Å². The number of furan rings is 1. The van der Waals surface area contributed by atoms with Crippen molar-refractivity contribution >= 4 is 40.6 Å². The van der Waals surface area contributed by atoms with Gasteiger partial charge in [-0.1, -0.05) is 11.6 Å². The number of hydrogen-bond donors (Lipinski definition) is 2. The molecule has 1 aliphatic rings. The van der Waals surface area contributed by atoms with E-state index in [4.69, 9.17) is 16.0 Å². The summed E-state index contributed by atoms with van der Waals surface area (Å²) in [6, 6.07) is 10.7. The summed E-state index contributed by atoms with van der Waals surface area (Å²) in [5, 5.41) is 5.48. The van der Waals surface area contributed by atoms with Crippen LogP contribution < -0.4 is 15.5 Å². The molecule has 0 aliphatic carbocycles. The molecule has 1 fully saturated rings. The Labute approximate surface area is 197 Å². The smallest absolute Gasteiger partial charge is 0.417 e. The number of anilines is 3. The molecule has 0 spiro atoms. The number of nitrogens with one attached hydrogen (secondary N) is 2. The summed E-state index contributed by atoms with van der Waals surface area (Å²) < 4.78 is 43.5. The molecule has 2 amide bonds. The first-order chi connectivity index (χ1) is 16.2. The lowest BCUT2D eigenvalue weighted by Crippen LogP contribution is -2.38. The van der Waals surface area contributed by atoms with Gasteiger partial charge in [-0.3, -0.25) is 9.59 Å². The van der Waals surface area contributed by atoms with Crippen molar-refractivity contribution in [2.24, 2.45) is 5.92 Å². The molecule has 3 aromatic rings. The molecule has 34 heavy (non-hydrogen) atoms. The minimum atomic E-state index is -4.51. The summed E-state index contributed by atoms with van der Waals surface area (Å²) in [7, 11) is 0. The van der Waals surface area contributed by atoms with Crippen molar-refractivity contribution in [3.8, 4) is 0 Å². The number of benzene rings is 1. The van der Waals surface area contributed by atoms with Crippen molar-refractivity contribution in [2.75, 3.05) is 28.6 Å². The van der Waals surface area contributed by atoms with Crippen LogP contribution in [-0.4, -0.2) is 29.9 Å². The number of carbonyl (C=O) groups is 2. The van der Waals surface area contributed by atoms with Gasteiger partial charge in [0.1, 0.15) is 5.82 Å². The molecule has 2 aromatic heterocycles. The highest BCUT2D eigenvalue weighted by Gasteiger charge is 2.33. The Morgan fingerprint density at radius 3 is 2.26 bits per heavy atom. The molecule has 0 unspecified atom stereocenters. The van der Waals surface area contributed by atoms with E-state index in [-0.39, 0.29) is 34.3 Å². The predicted molar refractivity (Wildman–Crippen MR) is 121 cm³/mol. The summed E-state index contributed by atoms with van der Waals surface area (Å²) in [6.45, 7) is 0.877. The van der Waals surface area contributed by atoms with E-state index >= 15 is 0 Å². The Balaban J connectivity index is 1.29. The number of nitrogens with zero attached hydrogens (tertiary/aromatic N) is 2. The second-order valence-electron chi connectivity index (χ2n) is 7.79. The van der Waals surface area contributed by atoms with Gasteiger partial charge in [-0.25, -0.2) is 4.98 Å². The first kappa shape index (κ1) is 23.6. The van der Waals surface area contributed by atoms with Crippen molar-refractivity contribution in [3.63, 3.8) is 0 Å².